The molecule has 2 aromatic rings. The Balaban J connectivity index is 2.02. The van der Waals surface area contributed by atoms with Crippen LogP contribution in [0.15, 0.2) is 35.1 Å². The van der Waals surface area contributed by atoms with Gasteiger partial charge in [-0.25, -0.2) is 0 Å². The summed E-state index contributed by atoms with van der Waals surface area (Å²) in [6, 6.07) is 9.83. The second kappa shape index (κ2) is 5.70. The average molecular weight is 271 g/mol. The van der Waals surface area contributed by atoms with Crippen molar-refractivity contribution in [3.05, 3.63) is 46.4 Å². The Hall–Kier alpha value is -1.77. The van der Waals surface area contributed by atoms with Crippen molar-refractivity contribution < 1.29 is 4.84 Å². The molecule has 0 N–H and O–H groups in total. The molecular weight excluding hydrogens is 250 g/mol. The summed E-state index contributed by atoms with van der Waals surface area (Å²) < 4.78 is 1.47. The molecule has 1 aromatic heterocycles. The van der Waals surface area contributed by atoms with E-state index in [1.165, 1.54) is 36.8 Å². The number of rotatable bonds is 3. The second-order valence-electron chi connectivity index (χ2n) is 5.71. The molecule has 1 heterocycles. The Morgan fingerprint density at radius 3 is 2.70 bits per heavy atom. The highest BCUT2D eigenvalue weighted by Crippen LogP contribution is 2.27. The van der Waals surface area contributed by atoms with Gasteiger partial charge in [0.2, 0.25) is 0 Å². The van der Waals surface area contributed by atoms with Crippen LogP contribution in [0.3, 0.4) is 0 Å². The van der Waals surface area contributed by atoms with Crippen molar-refractivity contribution in [3.63, 3.8) is 0 Å². The lowest BCUT2D eigenvalue weighted by Crippen LogP contribution is -2.29. The van der Waals surface area contributed by atoms with Crippen molar-refractivity contribution in [2.24, 2.45) is 5.92 Å². The predicted molar refractivity (Wildman–Crippen MR) is 81.0 cm³/mol. The summed E-state index contributed by atoms with van der Waals surface area (Å²) in [6.45, 7) is 0. The Labute approximate surface area is 119 Å². The van der Waals surface area contributed by atoms with E-state index in [2.05, 4.69) is 6.07 Å². The predicted octanol–water partition coefficient (Wildman–Crippen LogP) is 3.18. The number of benzene rings is 1. The van der Waals surface area contributed by atoms with Crippen LogP contribution in [0.4, 0.5) is 0 Å². The number of fused-ring (bicyclic) bond motifs is 1. The fourth-order valence-corrected chi connectivity index (χ4v) is 3.32. The molecule has 1 saturated carbocycles. The van der Waals surface area contributed by atoms with Crippen LogP contribution >= 0.6 is 0 Å². The first-order chi connectivity index (χ1) is 9.79. The van der Waals surface area contributed by atoms with E-state index in [9.17, 15) is 4.79 Å². The first kappa shape index (κ1) is 13.2. The molecule has 1 aliphatic carbocycles. The summed E-state index contributed by atoms with van der Waals surface area (Å²) in [6.07, 6.45) is 7.46. The SMILES string of the molecule is COn1c(CC2CCCCC2)cc2ccccc2c1=O. The minimum absolute atomic E-state index is 0.0450. The van der Waals surface area contributed by atoms with Crippen LogP contribution in [-0.2, 0) is 6.42 Å². The Morgan fingerprint density at radius 2 is 1.95 bits per heavy atom. The maximum absolute atomic E-state index is 12.5. The number of hydrogen-bond donors (Lipinski definition) is 0. The van der Waals surface area contributed by atoms with Crippen LogP contribution in [-0.4, -0.2) is 11.8 Å². The van der Waals surface area contributed by atoms with Gasteiger partial charge in [0.25, 0.3) is 5.56 Å². The van der Waals surface area contributed by atoms with Gasteiger partial charge in [-0.2, -0.15) is 0 Å². The lowest BCUT2D eigenvalue weighted by Gasteiger charge is -2.23. The molecule has 20 heavy (non-hydrogen) atoms. The zero-order valence-corrected chi connectivity index (χ0v) is 12.0. The molecule has 3 rings (SSSR count). The third kappa shape index (κ3) is 2.45. The van der Waals surface area contributed by atoms with Crippen molar-refractivity contribution in [1.82, 2.24) is 4.73 Å². The van der Waals surface area contributed by atoms with Crippen molar-refractivity contribution in [2.45, 2.75) is 38.5 Å². The van der Waals surface area contributed by atoms with E-state index < -0.39 is 0 Å². The number of nitrogens with zero attached hydrogens (tertiary/aromatic N) is 1. The summed E-state index contributed by atoms with van der Waals surface area (Å²) in [5.41, 5.74) is 0.958. The highest BCUT2D eigenvalue weighted by molar-refractivity contribution is 5.81. The monoisotopic (exact) mass is 271 g/mol. The van der Waals surface area contributed by atoms with Crippen molar-refractivity contribution in [3.8, 4) is 0 Å². The first-order valence-corrected chi connectivity index (χ1v) is 7.48. The topological polar surface area (TPSA) is 31.2 Å². The van der Waals surface area contributed by atoms with E-state index in [-0.39, 0.29) is 5.56 Å². The van der Waals surface area contributed by atoms with E-state index >= 15 is 0 Å². The lowest BCUT2D eigenvalue weighted by molar-refractivity contribution is 0.146. The largest absolute Gasteiger partial charge is 0.414 e. The molecule has 0 unspecified atom stereocenters. The maximum atomic E-state index is 12.5. The molecule has 3 nitrogen and oxygen atoms in total. The van der Waals surface area contributed by atoms with Gasteiger partial charge in [-0.3, -0.25) is 4.79 Å². The molecule has 3 heteroatoms. The van der Waals surface area contributed by atoms with Crippen LogP contribution in [0.1, 0.15) is 37.8 Å². The molecule has 0 atom stereocenters. The molecule has 1 aromatic carbocycles. The van der Waals surface area contributed by atoms with Gasteiger partial charge in [-0.05, 0) is 29.9 Å². The molecule has 0 aliphatic heterocycles. The van der Waals surface area contributed by atoms with Gasteiger partial charge in [0.15, 0.2) is 0 Å². The van der Waals surface area contributed by atoms with Gasteiger partial charge in [0.05, 0.1) is 11.1 Å². The number of hydrogen-bond acceptors (Lipinski definition) is 2. The van der Waals surface area contributed by atoms with Crippen LogP contribution in [0.5, 0.6) is 0 Å². The van der Waals surface area contributed by atoms with Crippen LogP contribution in [0.2, 0.25) is 0 Å². The molecule has 1 aliphatic rings. The van der Waals surface area contributed by atoms with Crippen molar-refractivity contribution in [1.29, 1.82) is 0 Å². The van der Waals surface area contributed by atoms with Crippen molar-refractivity contribution >= 4 is 10.8 Å². The number of pyridine rings is 1. The molecule has 1 fully saturated rings. The minimum atomic E-state index is -0.0450. The quantitative estimate of drug-likeness (QED) is 0.858. The van der Waals surface area contributed by atoms with Gasteiger partial charge >= 0.3 is 0 Å². The summed E-state index contributed by atoms with van der Waals surface area (Å²) in [5, 5.41) is 1.73. The minimum Gasteiger partial charge on any atom is -0.414 e. The molecule has 0 spiro atoms. The van der Waals surface area contributed by atoms with Crippen molar-refractivity contribution in [2.75, 3.05) is 7.11 Å². The van der Waals surface area contributed by atoms with Gasteiger partial charge < -0.3 is 4.84 Å². The molecule has 106 valence electrons. The Bertz CT molecular complexity index is 654. The van der Waals surface area contributed by atoms with Gasteiger partial charge in [-0.1, -0.05) is 50.3 Å². The smallest absolute Gasteiger partial charge is 0.291 e. The van der Waals surface area contributed by atoms with Gasteiger partial charge in [-0.15, -0.1) is 4.73 Å². The molecule has 0 saturated heterocycles. The molecular formula is C17H21NO2. The summed E-state index contributed by atoms with van der Waals surface area (Å²) in [4.78, 5) is 17.8. The van der Waals surface area contributed by atoms with Crippen LogP contribution in [0.25, 0.3) is 10.8 Å². The molecule has 0 bridgehead atoms. The van der Waals surface area contributed by atoms with E-state index in [1.807, 2.05) is 24.3 Å². The Kier molecular flexibility index (Phi) is 3.77. The fourth-order valence-electron chi connectivity index (χ4n) is 3.32. The summed E-state index contributed by atoms with van der Waals surface area (Å²) >= 11 is 0. The highest BCUT2D eigenvalue weighted by atomic mass is 16.6. The Morgan fingerprint density at radius 1 is 1.20 bits per heavy atom. The third-order valence-electron chi connectivity index (χ3n) is 4.36. The van der Waals surface area contributed by atoms with Gasteiger partial charge in [0.1, 0.15) is 7.11 Å². The maximum Gasteiger partial charge on any atom is 0.291 e. The standard InChI is InChI=1S/C17H21NO2/c1-20-18-15(11-13-7-3-2-4-8-13)12-14-9-5-6-10-16(14)17(18)19/h5-6,9-10,12-13H,2-4,7-8,11H2,1H3. The zero-order chi connectivity index (χ0) is 13.9. The number of aromatic nitrogens is 1. The highest BCUT2D eigenvalue weighted by Gasteiger charge is 2.17. The van der Waals surface area contributed by atoms with E-state index in [0.717, 1.165) is 22.9 Å². The van der Waals surface area contributed by atoms with Crippen LogP contribution in [0, 0.1) is 5.92 Å². The average Bonchev–Trinajstić information content (AvgIpc) is 2.49. The summed E-state index contributed by atoms with van der Waals surface area (Å²) in [5.74, 6) is 0.686. The second-order valence-corrected chi connectivity index (χ2v) is 5.71. The molecule has 0 amide bonds. The zero-order valence-electron chi connectivity index (χ0n) is 12.0. The van der Waals surface area contributed by atoms with E-state index in [4.69, 9.17) is 4.84 Å². The normalized spacial score (nSPS) is 16.4. The lowest BCUT2D eigenvalue weighted by atomic mass is 9.86. The fraction of sp³-hybridized carbons (Fsp3) is 0.471. The van der Waals surface area contributed by atoms with E-state index in [0.29, 0.717) is 5.92 Å². The van der Waals surface area contributed by atoms with E-state index in [1.54, 1.807) is 7.11 Å². The van der Waals surface area contributed by atoms with Gasteiger partial charge in [0, 0.05) is 0 Å². The third-order valence-corrected chi connectivity index (χ3v) is 4.36. The summed E-state index contributed by atoms with van der Waals surface area (Å²) in [7, 11) is 1.57. The first-order valence-electron chi connectivity index (χ1n) is 7.48. The van der Waals surface area contributed by atoms with Crippen LogP contribution < -0.4 is 10.4 Å². The molecule has 0 radical (unpaired) electrons.